The predicted octanol–water partition coefficient (Wildman–Crippen LogP) is 7.48. The summed E-state index contributed by atoms with van der Waals surface area (Å²) in [4.78, 5) is 0. The fourth-order valence-corrected chi connectivity index (χ4v) is 4.31. The van der Waals surface area contributed by atoms with Crippen LogP contribution in [-0.2, 0) is 6.42 Å². The van der Waals surface area contributed by atoms with Crippen LogP contribution in [0.15, 0.2) is 36.4 Å². The molecule has 1 aliphatic carbocycles. The van der Waals surface area contributed by atoms with Crippen LogP contribution < -0.4 is 0 Å². The van der Waals surface area contributed by atoms with Gasteiger partial charge in [0.2, 0.25) is 0 Å². The maximum Gasteiger partial charge on any atom is 0.166 e. The molecule has 0 aromatic heterocycles. The molecule has 0 N–H and O–H groups in total. The molecule has 0 unspecified atom stereocenters. The van der Waals surface area contributed by atoms with Crippen LogP contribution in [0.5, 0.6) is 0 Å². The van der Waals surface area contributed by atoms with E-state index in [2.05, 4.69) is 19.1 Å². The van der Waals surface area contributed by atoms with Crippen molar-refractivity contribution in [2.24, 2.45) is 11.8 Å². The molecule has 0 heterocycles. The molecule has 1 fully saturated rings. The van der Waals surface area contributed by atoms with Gasteiger partial charge in [0.25, 0.3) is 0 Å². The topological polar surface area (TPSA) is 0 Å². The number of aryl methyl sites for hydroxylation is 2. The zero-order valence-electron chi connectivity index (χ0n) is 16.0. The third-order valence-corrected chi connectivity index (χ3v) is 6.04. The third-order valence-electron chi connectivity index (χ3n) is 6.04. The Morgan fingerprint density at radius 1 is 0.808 bits per heavy atom. The Morgan fingerprint density at radius 2 is 1.42 bits per heavy atom. The van der Waals surface area contributed by atoms with Crippen LogP contribution in [-0.4, -0.2) is 0 Å². The summed E-state index contributed by atoms with van der Waals surface area (Å²) in [6.45, 7) is 3.87. The Labute approximate surface area is 156 Å². The number of hydrogen-bond donors (Lipinski definition) is 0. The maximum atomic E-state index is 14.2. The average molecular weight is 357 g/mol. The molecule has 3 rings (SSSR count). The highest BCUT2D eigenvalue weighted by Gasteiger charge is 2.20. The highest BCUT2D eigenvalue weighted by atomic mass is 19.2. The van der Waals surface area contributed by atoms with Gasteiger partial charge in [0.1, 0.15) is 0 Å². The molecule has 0 atom stereocenters. The Hall–Kier alpha value is -1.70. The molecule has 2 heteroatoms. The summed E-state index contributed by atoms with van der Waals surface area (Å²) in [5.74, 6) is 0.318. The number of rotatable bonds is 6. The zero-order valence-corrected chi connectivity index (χ0v) is 16.0. The van der Waals surface area contributed by atoms with Gasteiger partial charge in [0.05, 0.1) is 0 Å². The molecule has 0 radical (unpaired) electrons. The molecule has 0 bridgehead atoms. The minimum atomic E-state index is -0.749. The smallest absolute Gasteiger partial charge is 0.166 e. The van der Waals surface area contributed by atoms with E-state index in [0.29, 0.717) is 11.1 Å². The fourth-order valence-electron chi connectivity index (χ4n) is 4.31. The first kappa shape index (κ1) is 19.1. The van der Waals surface area contributed by atoms with Gasteiger partial charge in [-0.25, -0.2) is 8.78 Å². The van der Waals surface area contributed by atoms with Crippen molar-refractivity contribution in [2.75, 3.05) is 0 Å². The molecule has 1 aliphatic rings. The van der Waals surface area contributed by atoms with E-state index in [1.807, 2.05) is 12.1 Å². The lowest BCUT2D eigenvalue weighted by Crippen LogP contribution is -2.15. The monoisotopic (exact) mass is 356 g/mol. The van der Waals surface area contributed by atoms with E-state index in [9.17, 15) is 8.78 Å². The molecule has 2 aromatic rings. The largest absolute Gasteiger partial charge is 0.203 e. The molecule has 0 saturated heterocycles. The van der Waals surface area contributed by atoms with E-state index >= 15 is 0 Å². The minimum absolute atomic E-state index is 0.342. The highest BCUT2D eigenvalue weighted by molar-refractivity contribution is 5.65. The van der Waals surface area contributed by atoms with Crippen molar-refractivity contribution in [1.82, 2.24) is 0 Å². The van der Waals surface area contributed by atoms with Crippen molar-refractivity contribution in [2.45, 2.75) is 65.2 Å². The molecule has 0 aliphatic heterocycles. The quantitative estimate of drug-likeness (QED) is 0.503. The molecule has 26 heavy (non-hydrogen) atoms. The van der Waals surface area contributed by atoms with Crippen LogP contribution in [0.4, 0.5) is 8.78 Å². The first-order chi connectivity index (χ1) is 12.6. The van der Waals surface area contributed by atoms with Crippen LogP contribution in [0.3, 0.4) is 0 Å². The Balaban J connectivity index is 1.56. The first-order valence-electron chi connectivity index (χ1n) is 10.1. The van der Waals surface area contributed by atoms with Crippen molar-refractivity contribution < 1.29 is 8.78 Å². The van der Waals surface area contributed by atoms with E-state index in [1.54, 1.807) is 19.1 Å². The van der Waals surface area contributed by atoms with Gasteiger partial charge >= 0.3 is 0 Å². The molecule has 0 nitrogen and oxygen atoms in total. The van der Waals surface area contributed by atoms with Gasteiger partial charge in [0.15, 0.2) is 11.6 Å². The second-order valence-corrected chi connectivity index (χ2v) is 7.97. The Morgan fingerprint density at radius 3 is 2.04 bits per heavy atom. The summed E-state index contributed by atoms with van der Waals surface area (Å²) >= 11 is 0. The van der Waals surface area contributed by atoms with E-state index in [1.165, 1.54) is 50.5 Å². The number of halogens is 2. The summed E-state index contributed by atoms with van der Waals surface area (Å²) in [6, 6.07) is 11.3. The maximum absolute atomic E-state index is 14.2. The van der Waals surface area contributed by atoms with Crippen LogP contribution in [0, 0.1) is 30.4 Å². The van der Waals surface area contributed by atoms with E-state index in [-0.39, 0.29) is 0 Å². The van der Waals surface area contributed by atoms with E-state index in [4.69, 9.17) is 0 Å². The van der Waals surface area contributed by atoms with Crippen molar-refractivity contribution >= 4 is 0 Å². The zero-order chi connectivity index (χ0) is 18.5. The van der Waals surface area contributed by atoms with Crippen molar-refractivity contribution in [3.63, 3.8) is 0 Å². The molecule has 0 spiro atoms. The molecule has 1 saturated carbocycles. The average Bonchev–Trinajstić information content (AvgIpc) is 2.67. The molecular formula is C24H30F2. The summed E-state index contributed by atoms with van der Waals surface area (Å²) < 4.78 is 27.9. The Bertz CT molecular complexity index is 710. The molecular weight excluding hydrogens is 326 g/mol. The van der Waals surface area contributed by atoms with Gasteiger partial charge in [-0.3, -0.25) is 0 Å². The van der Waals surface area contributed by atoms with Crippen molar-refractivity contribution in [3.8, 4) is 11.1 Å². The normalized spacial score (nSPS) is 20.3. The fraction of sp³-hybridized carbons (Fsp3) is 0.500. The summed E-state index contributed by atoms with van der Waals surface area (Å²) in [5, 5.41) is 0. The van der Waals surface area contributed by atoms with Crippen LogP contribution in [0.25, 0.3) is 11.1 Å². The van der Waals surface area contributed by atoms with Gasteiger partial charge in [-0.05, 0) is 48.3 Å². The third kappa shape index (κ3) is 4.52. The minimum Gasteiger partial charge on any atom is -0.203 e. The van der Waals surface area contributed by atoms with Crippen molar-refractivity contribution in [3.05, 3.63) is 59.2 Å². The Kier molecular flexibility index (Phi) is 6.45. The predicted molar refractivity (Wildman–Crippen MR) is 105 cm³/mol. The van der Waals surface area contributed by atoms with E-state index < -0.39 is 11.6 Å². The lowest BCUT2D eigenvalue weighted by atomic mass is 9.78. The van der Waals surface area contributed by atoms with Crippen LogP contribution >= 0.6 is 0 Å². The molecule has 2 aromatic carbocycles. The standard InChI is InChI=1S/C24H30F2/c1-3-4-18-6-8-19(9-7-18)10-11-20-12-14-21(15-13-20)22-16-5-17(2)23(25)24(22)26/h5,12-16,18-19H,3-4,6-11H2,1-2H3. The second-order valence-electron chi connectivity index (χ2n) is 7.97. The van der Waals surface area contributed by atoms with Gasteiger partial charge in [-0.2, -0.15) is 0 Å². The molecule has 0 amide bonds. The first-order valence-corrected chi connectivity index (χ1v) is 10.1. The lowest BCUT2D eigenvalue weighted by molar-refractivity contribution is 0.252. The summed E-state index contributed by atoms with van der Waals surface area (Å²) in [7, 11) is 0. The molecule has 140 valence electrons. The van der Waals surface area contributed by atoms with Gasteiger partial charge in [0, 0.05) is 5.56 Å². The summed E-state index contributed by atoms with van der Waals surface area (Å²) in [5.41, 5.74) is 2.72. The lowest BCUT2D eigenvalue weighted by Gasteiger charge is -2.28. The van der Waals surface area contributed by atoms with Crippen LogP contribution in [0.2, 0.25) is 0 Å². The number of benzene rings is 2. The van der Waals surface area contributed by atoms with Gasteiger partial charge < -0.3 is 0 Å². The number of hydrogen-bond acceptors (Lipinski definition) is 0. The van der Waals surface area contributed by atoms with E-state index in [0.717, 1.165) is 23.8 Å². The second kappa shape index (κ2) is 8.79. The SMILES string of the molecule is CCCC1CCC(CCc2ccc(-c3ccc(C)c(F)c3F)cc2)CC1. The van der Waals surface area contributed by atoms with Gasteiger partial charge in [-0.15, -0.1) is 0 Å². The van der Waals surface area contributed by atoms with Crippen LogP contribution in [0.1, 0.15) is 63.0 Å². The summed E-state index contributed by atoms with van der Waals surface area (Å²) in [6.07, 6.45) is 10.6. The van der Waals surface area contributed by atoms with Crippen molar-refractivity contribution in [1.29, 1.82) is 0 Å². The highest BCUT2D eigenvalue weighted by Crippen LogP contribution is 2.34. The van der Waals surface area contributed by atoms with Gasteiger partial charge in [-0.1, -0.05) is 81.8 Å².